The van der Waals surface area contributed by atoms with Gasteiger partial charge in [-0.25, -0.2) is 8.42 Å². The van der Waals surface area contributed by atoms with Crippen LogP contribution < -0.4 is 9.04 Å². The molecule has 2 rings (SSSR count). The third-order valence-electron chi connectivity index (χ3n) is 3.57. The first-order chi connectivity index (χ1) is 10.9. The first-order valence-electron chi connectivity index (χ1n) is 7.25. The highest BCUT2D eigenvalue weighted by atomic mass is 32.2. The van der Waals surface area contributed by atoms with Gasteiger partial charge in [0.2, 0.25) is 0 Å². The maximum absolute atomic E-state index is 13.0. The summed E-state index contributed by atoms with van der Waals surface area (Å²) in [7, 11) is -2.11. The van der Waals surface area contributed by atoms with E-state index in [4.69, 9.17) is 4.74 Å². The van der Waals surface area contributed by atoms with Crippen molar-refractivity contribution < 1.29 is 13.2 Å². The van der Waals surface area contributed by atoms with Gasteiger partial charge in [-0.3, -0.25) is 4.31 Å². The molecule has 0 saturated heterocycles. The zero-order valence-electron chi connectivity index (χ0n) is 13.6. The summed E-state index contributed by atoms with van der Waals surface area (Å²) in [6, 6.07) is 12.2. The summed E-state index contributed by atoms with van der Waals surface area (Å²) in [5, 5.41) is 0. The first-order valence-corrected chi connectivity index (χ1v) is 8.69. The van der Waals surface area contributed by atoms with E-state index < -0.39 is 10.0 Å². The quantitative estimate of drug-likeness (QED) is 0.758. The van der Waals surface area contributed by atoms with Crippen molar-refractivity contribution >= 4 is 15.7 Å². The van der Waals surface area contributed by atoms with E-state index >= 15 is 0 Å². The second kappa shape index (κ2) is 6.87. The average molecular weight is 331 g/mol. The Kier molecular flexibility index (Phi) is 5.11. The number of rotatable bonds is 6. The largest absolute Gasteiger partial charge is 0.496 e. The van der Waals surface area contributed by atoms with Crippen molar-refractivity contribution in [1.29, 1.82) is 0 Å². The molecule has 0 radical (unpaired) electrons. The molecule has 0 spiro atoms. The highest BCUT2D eigenvalue weighted by Crippen LogP contribution is 2.27. The fourth-order valence-corrected chi connectivity index (χ4v) is 3.83. The summed E-state index contributed by atoms with van der Waals surface area (Å²) in [5.41, 5.74) is 2.46. The Bertz CT molecular complexity index is 796. The smallest absolute Gasteiger partial charge is 0.264 e. The number of aryl methyl sites for hydroxylation is 2. The number of sulfonamides is 1. The summed E-state index contributed by atoms with van der Waals surface area (Å²) in [6.07, 6.45) is 1.58. The summed E-state index contributed by atoms with van der Waals surface area (Å²) >= 11 is 0. The third-order valence-corrected chi connectivity index (χ3v) is 5.36. The van der Waals surface area contributed by atoms with Gasteiger partial charge in [0.05, 0.1) is 24.2 Å². The lowest BCUT2D eigenvalue weighted by molar-refractivity contribution is 0.411. The number of hydrogen-bond donors (Lipinski definition) is 0. The van der Waals surface area contributed by atoms with Crippen LogP contribution in [-0.2, 0) is 10.0 Å². The Morgan fingerprint density at radius 3 is 2.30 bits per heavy atom. The maximum Gasteiger partial charge on any atom is 0.264 e. The van der Waals surface area contributed by atoms with E-state index in [1.807, 2.05) is 26.0 Å². The highest BCUT2D eigenvalue weighted by Gasteiger charge is 2.24. The number of benzene rings is 2. The minimum Gasteiger partial charge on any atom is -0.496 e. The summed E-state index contributed by atoms with van der Waals surface area (Å²) < 4.78 is 32.5. The molecule has 0 atom stereocenters. The molecular formula is C18H21NO3S. The number of nitrogens with zero attached hydrogens (tertiary/aromatic N) is 1. The fourth-order valence-electron chi connectivity index (χ4n) is 2.31. The molecule has 2 aromatic carbocycles. The van der Waals surface area contributed by atoms with Gasteiger partial charge in [0.1, 0.15) is 5.75 Å². The van der Waals surface area contributed by atoms with Crippen molar-refractivity contribution in [3.8, 4) is 5.75 Å². The van der Waals surface area contributed by atoms with E-state index in [1.165, 1.54) is 4.31 Å². The minimum absolute atomic E-state index is 0.205. The maximum atomic E-state index is 13.0. The van der Waals surface area contributed by atoms with E-state index in [9.17, 15) is 8.42 Å². The van der Waals surface area contributed by atoms with Crippen LogP contribution in [0.3, 0.4) is 0 Å². The Morgan fingerprint density at radius 2 is 1.78 bits per heavy atom. The molecule has 5 heteroatoms. The molecule has 0 aliphatic rings. The van der Waals surface area contributed by atoms with Crippen molar-refractivity contribution in [1.82, 2.24) is 0 Å². The molecule has 0 saturated carbocycles. The van der Waals surface area contributed by atoms with Gasteiger partial charge in [0.25, 0.3) is 10.0 Å². The number of methoxy groups -OCH3 is 1. The van der Waals surface area contributed by atoms with Crippen LogP contribution >= 0.6 is 0 Å². The highest BCUT2D eigenvalue weighted by molar-refractivity contribution is 7.92. The van der Waals surface area contributed by atoms with Gasteiger partial charge in [-0.05, 0) is 49.7 Å². The van der Waals surface area contributed by atoms with Gasteiger partial charge < -0.3 is 4.74 Å². The predicted octanol–water partition coefficient (Wildman–Crippen LogP) is 3.69. The lowest BCUT2D eigenvalue weighted by Gasteiger charge is -2.23. The Morgan fingerprint density at radius 1 is 1.13 bits per heavy atom. The summed E-state index contributed by atoms with van der Waals surface area (Å²) in [6.45, 7) is 7.66. The van der Waals surface area contributed by atoms with Crippen molar-refractivity contribution in [3.63, 3.8) is 0 Å². The zero-order valence-corrected chi connectivity index (χ0v) is 14.4. The Balaban J connectivity index is 2.50. The molecule has 2 aromatic rings. The molecule has 0 amide bonds. The van der Waals surface area contributed by atoms with E-state index in [2.05, 4.69) is 6.58 Å². The SMILES string of the molecule is C=CCN(c1ccc(C)cc1)S(=O)(=O)c1ccc(OC)c(C)c1. The van der Waals surface area contributed by atoms with Crippen LogP contribution in [0.25, 0.3) is 0 Å². The lowest BCUT2D eigenvalue weighted by Crippen LogP contribution is -2.31. The monoisotopic (exact) mass is 331 g/mol. The third kappa shape index (κ3) is 3.56. The molecule has 0 aromatic heterocycles. The fraction of sp³-hybridized carbons (Fsp3) is 0.222. The van der Waals surface area contributed by atoms with E-state index in [-0.39, 0.29) is 11.4 Å². The van der Waals surface area contributed by atoms with Crippen LogP contribution in [0.2, 0.25) is 0 Å². The van der Waals surface area contributed by atoms with Gasteiger partial charge in [-0.15, -0.1) is 6.58 Å². The average Bonchev–Trinajstić information content (AvgIpc) is 2.53. The van der Waals surface area contributed by atoms with Crippen LogP contribution in [0.1, 0.15) is 11.1 Å². The van der Waals surface area contributed by atoms with Crippen LogP contribution in [0.4, 0.5) is 5.69 Å². The first kappa shape index (κ1) is 17.1. The number of hydrogen-bond acceptors (Lipinski definition) is 3. The molecule has 0 unspecified atom stereocenters. The molecule has 0 aliphatic heterocycles. The predicted molar refractivity (Wildman–Crippen MR) is 93.6 cm³/mol. The molecule has 0 N–H and O–H groups in total. The van der Waals surface area contributed by atoms with Gasteiger partial charge in [0.15, 0.2) is 0 Å². The molecule has 4 nitrogen and oxygen atoms in total. The van der Waals surface area contributed by atoms with Crippen molar-refractivity contribution in [2.45, 2.75) is 18.7 Å². The second-order valence-corrected chi connectivity index (χ2v) is 7.15. The summed E-state index contributed by atoms with van der Waals surface area (Å²) in [5.74, 6) is 0.662. The lowest BCUT2D eigenvalue weighted by atomic mass is 10.2. The summed E-state index contributed by atoms with van der Waals surface area (Å²) in [4.78, 5) is 0.234. The van der Waals surface area contributed by atoms with Crippen LogP contribution in [0.5, 0.6) is 5.75 Å². The Labute approximate surface area is 138 Å². The topological polar surface area (TPSA) is 46.6 Å². The van der Waals surface area contributed by atoms with Crippen molar-refractivity contribution in [2.75, 3.05) is 18.0 Å². The minimum atomic E-state index is -3.67. The molecular weight excluding hydrogens is 310 g/mol. The molecule has 0 heterocycles. The van der Waals surface area contributed by atoms with Gasteiger partial charge in [-0.1, -0.05) is 23.8 Å². The van der Waals surface area contributed by atoms with Crippen LogP contribution in [0, 0.1) is 13.8 Å². The molecule has 0 fully saturated rings. The molecule has 122 valence electrons. The second-order valence-electron chi connectivity index (χ2n) is 5.29. The molecule has 23 heavy (non-hydrogen) atoms. The van der Waals surface area contributed by atoms with Gasteiger partial charge in [-0.2, -0.15) is 0 Å². The van der Waals surface area contributed by atoms with E-state index in [0.717, 1.165) is 11.1 Å². The zero-order chi connectivity index (χ0) is 17.0. The van der Waals surface area contributed by atoms with E-state index in [1.54, 1.807) is 43.5 Å². The Hall–Kier alpha value is -2.27. The normalized spacial score (nSPS) is 11.1. The van der Waals surface area contributed by atoms with Crippen molar-refractivity contribution in [2.24, 2.45) is 0 Å². The van der Waals surface area contributed by atoms with Crippen molar-refractivity contribution in [3.05, 3.63) is 66.2 Å². The van der Waals surface area contributed by atoms with Gasteiger partial charge in [0, 0.05) is 0 Å². The van der Waals surface area contributed by atoms with E-state index in [0.29, 0.717) is 11.4 Å². The van der Waals surface area contributed by atoms with Crippen LogP contribution in [0.15, 0.2) is 60.0 Å². The van der Waals surface area contributed by atoms with Gasteiger partial charge >= 0.3 is 0 Å². The standard InChI is InChI=1S/C18H21NO3S/c1-5-12-19(16-8-6-14(2)7-9-16)23(20,21)17-10-11-18(22-4)15(3)13-17/h5-11,13H,1,12H2,2-4H3. The number of ether oxygens (including phenoxy) is 1. The van der Waals surface area contributed by atoms with Crippen LogP contribution in [-0.4, -0.2) is 22.1 Å². The number of anilines is 1. The molecule has 0 bridgehead atoms. The molecule has 0 aliphatic carbocycles.